The minimum atomic E-state index is -4.27. The number of anilines is 2. The minimum Gasteiger partial charge on any atom is -0.497 e. The van der Waals surface area contributed by atoms with Gasteiger partial charge >= 0.3 is 0 Å². The summed E-state index contributed by atoms with van der Waals surface area (Å²) >= 11 is 0. The number of hydrogen-bond acceptors (Lipinski definition) is 3. The molecule has 0 fully saturated rings. The molecule has 0 spiro atoms. The van der Waals surface area contributed by atoms with Crippen molar-refractivity contribution in [2.45, 2.75) is 13.8 Å². The molecule has 1 aliphatic rings. The molecule has 37 heavy (non-hydrogen) atoms. The van der Waals surface area contributed by atoms with E-state index in [9.17, 15) is 8.78 Å². The number of methoxy groups -OCH3 is 1. The van der Waals surface area contributed by atoms with E-state index < -0.39 is 41.8 Å². The molecule has 5 rings (SSSR count). The molecule has 0 saturated heterocycles. The first-order valence-electron chi connectivity index (χ1n) is 11.2. The zero-order valence-corrected chi connectivity index (χ0v) is 20.8. The Hall–Kier alpha value is -4.08. The Bertz CT molecular complexity index is 1670. The van der Waals surface area contributed by atoms with Crippen molar-refractivity contribution in [2.75, 3.05) is 11.8 Å². The van der Waals surface area contributed by atoms with E-state index in [-0.39, 0.29) is 16.3 Å². The van der Waals surface area contributed by atoms with Gasteiger partial charge in [0.2, 0.25) is 7.29 Å². The summed E-state index contributed by atoms with van der Waals surface area (Å²) in [5.41, 5.74) is -0.133. The maximum Gasteiger partial charge on any atom is 0.234 e. The van der Waals surface area contributed by atoms with E-state index in [1.54, 1.807) is 62.4 Å². The lowest BCUT2D eigenvalue weighted by atomic mass is 10.0. The Balaban J connectivity index is 2.01. The van der Waals surface area contributed by atoms with Gasteiger partial charge in [0.25, 0.3) is 0 Å². The molecule has 4 nitrogen and oxygen atoms in total. The zero-order valence-electron chi connectivity index (χ0n) is 19.9. The lowest BCUT2D eigenvalue weighted by molar-refractivity contribution is 0.415. The van der Waals surface area contributed by atoms with Crippen LogP contribution < -0.4 is 20.0 Å². The highest BCUT2D eigenvalue weighted by Gasteiger charge is 2.46. The van der Waals surface area contributed by atoms with Crippen LogP contribution >= 0.6 is 7.29 Å². The van der Waals surface area contributed by atoms with Gasteiger partial charge in [0.05, 0.1) is 12.8 Å². The van der Waals surface area contributed by atoms with Crippen molar-refractivity contribution in [3.8, 4) is 22.9 Å². The molecule has 0 saturated carbocycles. The van der Waals surface area contributed by atoms with E-state index in [4.69, 9.17) is 10.00 Å². The molecule has 4 aromatic rings. The Labute approximate surface area is 210 Å². The van der Waals surface area contributed by atoms with Crippen molar-refractivity contribution in [3.63, 3.8) is 0 Å². The summed E-state index contributed by atoms with van der Waals surface area (Å²) in [4.78, 5) is 0. The van der Waals surface area contributed by atoms with Crippen LogP contribution in [0.4, 0.5) is 28.9 Å². The Morgan fingerprint density at radius 1 is 0.838 bits per heavy atom. The molecule has 9 heteroatoms. The maximum absolute atomic E-state index is 15.6. The fraction of sp³-hybridized carbons (Fsp3) is 0.107. The number of aryl methyl sites for hydroxylation is 2. The Morgan fingerprint density at radius 2 is 1.49 bits per heavy atom. The number of benzene rings is 4. The molecule has 0 bridgehead atoms. The quantitative estimate of drug-likeness (QED) is 0.169. The summed E-state index contributed by atoms with van der Waals surface area (Å²) in [6, 6.07) is 17.6. The zero-order chi connectivity index (χ0) is 26.6. The number of hydrogen-bond donors (Lipinski definition) is 0. The fourth-order valence-corrected chi connectivity index (χ4v) is 7.80. The fourth-order valence-electron chi connectivity index (χ4n) is 4.66. The standard InChI is InChI=1S/C28H19F4N2O2P/c1-15-5-4-6-18(11-15)37(35)23-13-17(36-3)8-10-20(23)19-9-7-16(2)12-22(19)34(37)28-26(31)24(29)21(14-33)25(30)27(28)32/h4-13H,1-3H3. The predicted octanol–water partition coefficient (Wildman–Crippen LogP) is 6.79. The lowest BCUT2D eigenvalue weighted by Crippen LogP contribution is -2.35. The van der Waals surface area contributed by atoms with Crippen LogP contribution in [0.15, 0.2) is 60.7 Å². The summed E-state index contributed by atoms with van der Waals surface area (Å²) in [6.45, 7) is 3.49. The van der Waals surface area contributed by atoms with Crippen molar-refractivity contribution in [1.82, 2.24) is 0 Å². The molecule has 4 aromatic carbocycles. The van der Waals surface area contributed by atoms with Crippen LogP contribution in [0.5, 0.6) is 5.75 Å². The molecular formula is C28H19F4N2O2P. The van der Waals surface area contributed by atoms with Crippen molar-refractivity contribution < 1.29 is 26.9 Å². The summed E-state index contributed by atoms with van der Waals surface area (Å²) in [5, 5.41) is 9.47. The summed E-state index contributed by atoms with van der Waals surface area (Å²) in [5.74, 6) is -7.03. The van der Waals surface area contributed by atoms with E-state index in [1.165, 1.54) is 19.2 Å². The monoisotopic (exact) mass is 522 g/mol. The third kappa shape index (κ3) is 3.53. The molecule has 0 aromatic heterocycles. The van der Waals surface area contributed by atoms with Crippen molar-refractivity contribution in [2.24, 2.45) is 0 Å². The molecule has 1 aliphatic heterocycles. The van der Waals surface area contributed by atoms with E-state index in [0.717, 1.165) is 10.7 Å². The van der Waals surface area contributed by atoms with Gasteiger partial charge in [-0.1, -0.05) is 29.8 Å². The van der Waals surface area contributed by atoms with Crippen molar-refractivity contribution >= 4 is 29.3 Å². The van der Waals surface area contributed by atoms with Gasteiger partial charge in [0.1, 0.15) is 23.1 Å². The van der Waals surface area contributed by atoms with E-state index in [2.05, 4.69) is 0 Å². The molecule has 0 amide bonds. The summed E-state index contributed by atoms with van der Waals surface area (Å²) in [6.07, 6.45) is 0. The smallest absolute Gasteiger partial charge is 0.234 e. The van der Waals surface area contributed by atoms with Crippen molar-refractivity contribution in [3.05, 3.63) is 101 Å². The normalized spacial score (nSPS) is 16.1. The van der Waals surface area contributed by atoms with E-state index in [0.29, 0.717) is 28.0 Å². The first kappa shape index (κ1) is 24.6. The van der Waals surface area contributed by atoms with Gasteiger partial charge in [0, 0.05) is 16.2 Å². The van der Waals surface area contributed by atoms with Gasteiger partial charge in [-0.05, 0) is 61.4 Å². The molecule has 1 atom stereocenters. The number of fused-ring (bicyclic) bond motifs is 3. The molecule has 0 N–H and O–H groups in total. The average Bonchev–Trinajstić information content (AvgIpc) is 2.89. The third-order valence-electron chi connectivity index (χ3n) is 6.40. The first-order chi connectivity index (χ1) is 17.6. The molecular weight excluding hydrogens is 503 g/mol. The molecule has 0 radical (unpaired) electrons. The second-order valence-corrected chi connectivity index (χ2v) is 11.3. The minimum absolute atomic E-state index is 0.101. The van der Waals surface area contributed by atoms with Crippen LogP contribution in [0.2, 0.25) is 0 Å². The average molecular weight is 522 g/mol. The second kappa shape index (κ2) is 8.79. The highest BCUT2D eigenvalue weighted by Crippen LogP contribution is 2.62. The van der Waals surface area contributed by atoms with E-state index in [1.807, 2.05) is 0 Å². The van der Waals surface area contributed by atoms with Crippen LogP contribution in [-0.4, -0.2) is 7.11 Å². The molecule has 0 aliphatic carbocycles. The van der Waals surface area contributed by atoms with Gasteiger partial charge in [-0.15, -0.1) is 0 Å². The van der Waals surface area contributed by atoms with Gasteiger partial charge in [-0.25, -0.2) is 17.6 Å². The molecule has 1 heterocycles. The number of ether oxygens (including phenoxy) is 1. The number of halogens is 4. The van der Waals surface area contributed by atoms with Crippen LogP contribution in [0, 0.1) is 48.4 Å². The van der Waals surface area contributed by atoms with Crippen LogP contribution in [0.3, 0.4) is 0 Å². The number of nitrogens with zero attached hydrogens (tertiary/aromatic N) is 2. The largest absolute Gasteiger partial charge is 0.497 e. The van der Waals surface area contributed by atoms with Gasteiger partial charge in [-0.3, -0.25) is 9.24 Å². The maximum atomic E-state index is 15.6. The topological polar surface area (TPSA) is 53.3 Å². The predicted molar refractivity (Wildman–Crippen MR) is 134 cm³/mol. The second-order valence-electron chi connectivity index (χ2n) is 8.72. The highest BCUT2D eigenvalue weighted by molar-refractivity contribution is 7.80. The SMILES string of the molecule is COc1ccc2c(c1)P(=O)(c1cccc(C)c1)N(c1c(F)c(F)c(C#N)c(F)c1F)c1cc(C)ccc1-2. The van der Waals surface area contributed by atoms with Crippen LogP contribution in [-0.2, 0) is 4.57 Å². The van der Waals surface area contributed by atoms with Crippen molar-refractivity contribution in [1.29, 1.82) is 5.26 Å². The lowest BCUT2D eigenvalue weighted by Gasteiger charge is -2.40. The van der Waals surface area contributed by atoms with Gasteiger partial charge < -0.3 is 4.74 Å². The Morgan fingerprint density at radius 3 is 2.11 bits per heavy atom. The van der Waals surface area contributed by atoms with Gasteiger partial charge in [-0.2, -0.15) is 5.26 Å². The third-order valence-corrected chi connectivity index (χ3v) is 9.38. The van der Waals surface area contributed by atoms with Crippen LogP contribution in [0.25, 0.3) is 11.1 Å². The number of nitriles is 1. The summed E-state index contributed by atoms with van der Waals surface area (Å²) < 4.78 is 82.6. The molecule has 186 valence electrons. The summed E-state index contributed by atoms with van der Waals surface area (Å²) in [7, 11) is -2.85. The number of rotatable bonds is 3. The molecule has 1 unspecified atom stereocenters. The van der Waals surface area contributed by atoms with E-state index >= 15 is 13.3 Å². The highest BCUT2D eigenvalue weighted by atomic mass is 31.2. The first-order valence-corrected chi connectivity index (χ1v) is 12.8. The van der Waals surface area contributed by atoms with Crippen LogP contribution in [0.1, 0.15) is 16.7 Å². The Kier molecular flexibility index (Phi) is 5.85. The van der Waals surface area contributed by atoms with Gasteiger partial charge in [0.15, 0.2) is 23.3 Å².